The van der Waals surface area contributed by atoms with Crippen LogP contribution in [0.25, 0.3) is 0 Å². The molecule has 0 bridgehead atoms. The maximum atomic E-state index is 12.6. The van der Waals surface area contributed by atoms with Crippen molar-refractivity contribution in [1.29, 1.82) is 0 Å². The Bertz CT molecular complexity index is 871. The lowest BCUT2D eigenvalue weighted by Crippen LogP contribution is -2.46. The molecule has 3 rings (SSSR count). The summed E-state index contributed by atoms with van der Waals surface area (Å²) in [6.07, 6.45) is 2.37. The van der Waals surface area contributed by atoms with Crippen molar-refractivity contribution in [2.24, 2.45) is 0 Å². The number of phenolic OH excluding ortho intramolecular Hbond substituents is 2. The van der Waals surface area contributed by atoms with Gasteiger partial charge in [-0.05, 0) is 49.9 Å². The predicted molar refractivity (Wildman–Crippen MR) is 113 cm³/mol. The number of aryl methyl sites for hydroxylation is 1. The van der Waals surface area contributed by atoms with Crippen molar-refractivity contribution in [1.82, 2.24) is 10.2 Å². The summed E-state index contributed by atoms with van der Waals surface area (Å²) in [5.74, 6) is 0.305. The third kappa shape index (κ3) is 5.89. The second-order valence-corrected chi connectivity index (χ2v) is 7.59. The topological polar surface area (TPSA) is 99.1 Å². The maximum absolute atomic E-state index is 12.6. The van der Waals surface area contributed by atoms with Crippen LogP contribution in [-0.2, 0) is 4.79 Å². The highest BCUT2D eigenvalue weighted by Crippen LogP contribution is 2.23. The Labute approximate surface area is 176 Å². The molecule has 2 aromatic carbocycles. The van der Waals surface area contributed by atoms with Gasteiger partial charge in [0, 0.05) is 37.2 Å². The molecular weight excluding hydrogens is 384 g/mol. The highest BCUT2D eigenvalue weighted by atomic mass is 16.5. The summed E-state index contributed by atoms with van der Waals surface area (Å²) >= 11 is 0. The first-order chi connectivity index (χ1) is 14.4. The van der Waals surface area contributed by atoms with Crippen LogP contribution in [0.5, 0.6) is 17.2 Å². The van der Waals surface area contributed by atoms with E-state index in [1.807, 2.05) is 31.2 Å². The van der Waals surface area contributed by atoms with Crippen molar-refractivity contribution in [2.75, 3.05) is 19.7 Å². The van der Waals surface area contributed by atoms with Crippen LogP contribution in [0.4, 0.5) is 0 Å². The molecule has 0 unspecified atom stereocenters. The number of nitrogens with one attached hydrogen (secondary N) is 1. The van der Waals surface area contributed by atoms with Crippen LogP contribution in [0, 0.1) is 6.92 Å². The van der Waals surface area contributed by atoms with Gasteiger partial charge >= 0.3 is 0 Å². The standard InChI is InChI=1S/C23H28N2O5/c1-16-5-2-3-6-21(16)30-12-4-7-22(28)24-18-8-10-25(11-9-18)23(29)17-13-19(26)15-20(27)14-17/h2-3,5-6,13-15,18,26-27H,4,7-12H2,1H3,(H,24,28). The van der Waals surface area contributed by atoms with E-state index in [4.69, 9.17) is 4.74 Å². The number of benzene rings is 2. The average Bonchev–Trinajstić information content (AvgIpc) is 2.72. The molecule has 0 radical (unpaired) electrons. The van der Waals surface area contributed by atoms with Crippen molar-refractivity contribution in [3.63, 3.8) is 0 Å². The molecule has 0 spiro atoms. The molecule has 160 valence electrons. The first-order valence-electron chi connectivity index (χ1n) is 10.2. The van der Waals surface area contributed by atoms with Gasteiger partial charge in [-0.2, -0.15) is 0 Å². The number of aromatic hydroxyl groups is 2. The van der Waals surface area contributed by atoms with Gasteiger partial charge in [0.25, 0.3) is 5.91 Å². The van der Waals surface area contributed by atoms with Gasteiger partial charge in [-0.3, -0.25) is 9.59 Å². The number of phenols is 2. The molecule has 1 aliphatic rings. The first kappa shape index (κ1) is 21.5. The maximum Gasteiger partial charge on any atom is 0.254 e. The molecule has 1 saturated heterocycles. The van der Waals surface area contributed by atoms with Crippen LogP contribution in [0.3, 0.4) is 0 Å². The molecule has 0 saturated carbocycles. The number of rotatable bonds is 7. The first-order valence-corrected chi connectivity index (χ1v) is 10.2. The fourth-order valence-electron chi connectivity index (χ4n) is 3.56. The van der Waals surface area contributed by atoms with Crippen molar-refractivity contribution in [3.8, 4) is 17.2 Å². The average molecular weight is 412 g/mol. The second-order valence-electron chi connectivity index (χ2n) is 7.59. The summed E-state index contributed by atoms with van der Waals surface area (Å²) in [5.41, 5.74) is 1.33. The monoisotopic (exact) mass is 412 g/mol. The highest BCUT2D eigenvalue weighted by Gasteiger charge is 2.25. The van der Waals surface area contributed by atoms with Gasteiger partial charge in [0.2, 0.25) is 5.91 Å². The van der Waals surface area contributed by atoms with Gasteiger partial charge in [-0.15, -0.1) is 0 Å². The van der Waals surface area contributed by atoms with E-state index in [0.29, 0.717) is 45.4 Å². The van der Waals surface area contributed by atoms with E-state index < -0.39 is 0 Å². The van der Waals surface area contributed by atoms with Crippen molar-refractivity contribution < 1.29 is 24.5 Å². The number of ether oxygens (including phenoxy) is 1. The van der Waals surface area contributed by atoms with Crippen LogP contribution in [0.1, 0.15) is 41.6 Å². The molecule has 7 heteroatoms. The number of carbonyl (C=O) groups excluding carboxylic acids is 2. The lowest BCUT2D eigenvalue weighted by molar-refractivity contribution is -0.122. The zero-order valence-electron chi connectivity index (χ0n) is 17.1. The summed E-state index contributed by atoms with van der Waals surface area (Å²) in [6.45, 7) is 3.50. The second kappa shape index (κ2) is 10.0. The molecule has 0 aliphatic carbocycles. The zero-order chi connectivity index (χ0) is 21.5. The minimum Gasteiger partial charge on any atom is -0.508 e. The normalized spacial score (nSPS) is 14.4. The number of nitrogens with zero attached hydrogens (tertiary/aromatic N) is 1. The Kier molecular flexibility index (Phi) is 7.17. The molecule has 7 nitrogen and oxygen atoms in total. The van der Waals surface area contributed by atoms with E-state index in [1.54, 1.807) is 4.90 Å². The summed E-state index contributed by atoms with van der Waals surface area (Å²) in [6, 6.07) is 11.7. The van der Waals surface area contributed by atoms with Crippen LogP contribution in [-0.4, -0.2) is 52.7 Å². The molecule has 30 heavy (non-hydrogen) atoms. The number of piperidine rings is 1. The molecule has 1 fully saturated rings. The minimum absolute atomic E-state index is 0.00827. The fourth-order valence-corrected chi connectivity index (χ4v) is 3.56. The Hall–Kier alpha value is -3.22. The smallest absolute Gasteiger partial charge is 0.254 e. The number of hydrogen-bond acceptors (Lipinski definition) is 5. The van der Waals surface area contributed by atoms with Crippen molar-refractivity contribution in [2.45, 2.75) is 38.6 Å². The fraction of sp³-hybridized carbons (Fsp3) is 0.391. The molecule has 2 aromatic rings. The van der Waals surface area contributed by atoms with Gasteiger partial charge in [-0.25, -0.2) is 0 Å². The number of carbonyl (C=O) groups is 2. The third-order valence-corrected chi connectivity index (χ3v) is 5.20. The third-order valence-electron chi connectivity index (χ3n) is 5.20. The zero-order valence-corrected chi connectivity index (χ0v) is 17.1. The van der Waals surface area contributed by atoms with Crippen LogP contribution >= 0.6 is 0 Å². The molecule has 0 atom stereocenters. The summed E-state index contributed by atoms with van der Waals surface area (Å²) in [7, 11) is 0. The van der Waals surface area contributed by atoms with Gasteiger partial charge in [0.05, 0.1) is 6.61 Å². The van der Waals surface area contributed by atoms with Crippen molar-refractivity contribution >= 4 is 11.8 Å². The van der Waals surface area contributed by atoms with E-state index in [-0.39, 0.29) is 34.9 Å². The predicted octanol–water partition coefficient (Wildman–Crippen LogP) is 2.99. The molecular formula is C23H28N2O5. The minimum atomic E-state index is -0.237. The molecule has 2 amide bonds. The number of amides is 2. The molecule has 0 aromatic heterocycles. The van der Waals surface area contributed by atoms with Crippen molar-refractivity contribution in [3.05, 3.63) is 53.6 Å². The SMILES string of the molecule is Cc1ccccc1OCCCC(=O)NC1CCN(C(=O)c2cc(O)cc(O)c2)CC1. The summed E-state index contributed by atoms with van der Waals surface area (Å²) < 4.78 is 5.72. The summed E-state index contributed by atoms with van der Waals surface area (Å²) in [5, 5.41) is 22.2. The van der Waals surface area contributed by atoms with E-state index >= 15 is 0 Å². The summed E-state index contributed by atoms with van der Waals surface area (Å²) in [4.78, 5) is 26.4. The lowest BCUT2D eigenvalue weighted by Gasteiger charge is -2.32. The Morgan fingerprint density at radius 1 is 1.10 bits per heavy atom. The number of likely N-dealkylation sites (tertiary alicyclic amines) is 1. The van der Waals surface area contributed by atoms with Gasteiger partial charge in [0.15, 0.2) is 0 Å². The number of hydrogen-bond donors (Lipinski definition) is 3. The van der Waals surface area contributed by atoms with E-state index in [9.17, 15) is 19.8 Å². The lowest BCUT2D eigenvalue weighted by atomic mass is 10.0. The number of para-hydroxylation sites is 1. The van der Waals surface area contributed by atoms with E-state index in [0.717, 1.165) is 11.3 Å². The van der Waals surface area contributed by atoms with Gasteiger partial charge in [-0.1, -0.05) is 18.2 Å². The Morgan fingerprint density at radius 3 is 2.43 bits per heavy atom. The van der Waals surface area contributed by atoms with Crippen LogP contribution in [0.2, 0.25) is 0 Å². The Morgan fingerprint density at radius 2 is 1.77 bits per heavy atom. The Balaban J connectivity index is 1.37. The molecule has 3 N–H and O–H groups in total. The highest BCUT2D eigenvalue weighted by molar-refractivity contribution is 5.95. The van der Waals surface area contributed by atoms with E-state index in [1.165, 1.54) is 18.2 Å². The van der Waals surface area contributed by atoms with Gasteiger partial charge in [0.1, 0.15) is 17.2 Å². The van der Waals surface area contributed by atoms with Crippen LogP contribution < -0.4 is 10.1 Å². The molecule has 1 heterocycles. The van der Waals surface area contributed by atoms with Gasteiger partial charge < -0.3 is 25.2 Å². The van der Waals surface area contributed by atoms with Crippen LogP contribution in [0.15, 0.2) is 42.5 Å². The molecule has 1 aliphatic heterocycles. The quantitative estimate of drug-likeness (QED) is 0.607. The largest absolute Gasteiger partial charge is 0.508 e. The van der Waals surface area contributed by atoms with E-state index in [2.05, 4.69) is 5.32 Å².